The summed E-state index contributed by atoms with van der Waals surface area (Å²) >= 11 is 0. The first-order valence-electron chi connectivity index (χ1n) is 6.70. The van der Waals surface area contributed by atoms with Gasteiger partial charge in [0.15, 0.2) is 0 Å². The number of fused-ring (bicyclic) bond motifs is 1. The highest BCUT2D eigenvalue weighted by Gasteiger charge is 2.18. The minimum Gasteiger partial charge on any atom is -0.377 e. The second kappa shape index (κ2) is 6.18. The van der Waals surface area contributed by atoms with Gasteiger partial charge >= 0.3 is 0 Å². The van der Waals surface area contributed by atoms with Gasteiger partial charge in [-0.25, -0.2) is 0 Å². The van der Waals surface area contributed by atoms with Crippen LogP contribution in [-0.2, 0) is 11.2 Å². The molecule has 0 amide bonds. The van der Waals surface area contributed by atoms with E-state index in [-0.39, 0.29) is 0 Å². The van der Waals surface area contributed by atoms with Crippen LogP contribution in [0.25, 0.3) is 0 Å². The first-order chi connectivity index (χ1) is 8.27. The molecule has 2 heteroatoms. The number of ether oxygens (including phenoxy) is 1. The summed E-state index contributed by atoms with van der Waals surface area (Å²) in [5.74, 6) is 0. The van der Waals surface area contributed by atoms with Gasteiger partial charge < -0.3 is 10.1 Å². The predicted octanol–water partition coefficient (Wildman–Crippen LogP) is 3.08. The fourth-order valence-corrected chi connectivity index (χ4v) is 2.49. The van der Waals surface area contributed by atoms with Crippen molar-refractivity contribution in [1.29, 1.82) is 0 Å². The van der Waals surface area contributed by atoms with Crippen molar-refractivity contribution in [2.75, 3.05) is 13.2 Å². The lowest BCUT2D eigenvalue weighted by molar-refractivity contribution is 0.0790. The van der Waals surface area contributed by atoms with Gasteiger partial charge in [-0.2, -0.15) is 0 Å². The van der Waals surface area contributed by atoms with Crippen molar-refractivity contribution in [2.24, 2.45) is 0 Å². The van der Waals surface area contributed by atoms with E-state index in [1.165, 1.54) is 30.4 Å². The third-order valence-electron chi connectivity index (χ3n) is 3.31. The lowest BCUT2D eigenvalue weighted by Crippen LogP contribution is -2.28. The van der Waals surface area contributed by atoms with Gasteiger partial charge in [-0.05, 0) is 44.2 Å². The molecule has 2 nitrogen and oxygen atoms in total. The van der Waals surface area contributed by atoms with Crippen molar-refractivity contribution >= 4 is 0 Å². The van der Waals surface area contributed by atoms with Crippen LogP contribution < -0.4 is 5.32 Å². The molecule has 1 aliphatic rings. The standard InChI is InChI=1S/C15H23NO/c1-12(2)17-11-10-16-15-9-5-7-13-6-3-4-8-14(13)15/h3-4,6,8,12,15-16H,5,7,9-11H2,1-2H3. The van der Waals surface area contributed by atoms with Crippen LogP contribution in [0.1, 0.15) is 43.9 Å². The lowest BCUT2D eigenvalue weighted by atomic mass is 9.88. The Kier molecular flexibility index (Phi) is 4.57. The first-order valence-corrected chi connectivity index (χ1v) is 6.70. The number of rotatable bonds is 5. The quantitative estimate of drug-likeness (QED) is 0.789. The average Bonchev–Trinajstić information content (AvgIpc) is 2.34. The molecule has 1 aliphatic carbocycles. The minimum atomic E-state index is 0.329. The fourth-order valence-electron chi connectivity index (χ4n) is 2.49. The molecule has 1 atom stereocenters. The third kappa shape index (κ3) is 3.55. The van der Waals surface area contributed by atoms with Crippen LogP contribution in [0.4, 0.5) is 0 Å². The Morgan fingerprint density at radius 2 is 2.18 bits per heavy atom. The molecule has 0 aromatic heterocycles. The van der Waals surface area contributed by atoms with Crippen LogP contribution in [0.15, 0.2) is 24.3 Å². The molecule has 0 fully saturated rings. The molecular formula is C15H23NO. The Morgan fingerprint density at radius 3 is 3.00 bits per heavy atom. The molecule has 0 radical (unpaired) electrons. The van der Waals surface area contributed by atoms with Gasteiger partial charge in [0.25, 0.3) is 0 Å². The van der Waals surface area contributed by atoms with Crippen molar-refractivity contribution in [3.8, 4) is 0 Å². The lowest BCUT2D eigenvalue weighted by Gasteiger charge is -2.26. The highest BCUT2D eigenvalue weighted by molar-refractivity contribution is 5.32. The van der Waals surface area contributed by atoms with Gasteiger partial charge in [0.1, 0.15) is 0 Å². The Morgan fingerprint density at radius 1 is 1.35 bits per heavy atom. The van der Waals surface area contributed by atoms with Gasteiger partial charge in [0, 0.05) is 12.6 Å². The predicted molar refractivity (Wildman–Crippen MR) is 71.2 cm³/mol. The summed E-state index contributed by atoms with van der Waals surface area (Å²) in [6, 6.07) is 9.33. The van der Waals surface area contributed by atoms with E-state index >= 15 is 0 Å². The van der Waals surface area contributed by atoms with E-state index in [0.717, 1.165) is 13.2 Å². The van der Waals surface area contributed by atoms with Crippen LogP contribution >= 0.6 is 0 Å². The zero-order valence-electron chi connectivity index (χ0n) is 10.9. The monoisotopic (exact) mass is 233 g/mol. The number of aryl methyl sites for hydroxylation is 1. The van der Waals surface area contributed by atoms with Crippen molar-refractivity contribution in [1.82, 2.24) is 5.32 Å². The fraction of sp³-hybridized carbons (Fsp3) is 0.600. The van der Waals surface area contributed by atoms with Crippen LogP contribution in [0.5, 0.6) is 0 Å². The minimum absolute atomic E-state index is 0.329. The number of hydrogen-bond donors (Lipinski definition) is 1. The SMILES string of the molecule is CC(C)OCCNC1CCCc2ccccc21. The summed E-state index contributed by atoms with van der Waals surface area (Å²) in [5, 5.41) is 3.61. The Labute approximate surface area is 104 Å². The summed E-state index contributed by atoms with van der Waals surface area (Å²) in [4.78, 5) is 0. The number of nitrogens with one attached hydrogen (secondary N) is 1. The molecule has 1 N–H and O–H groups in total. The maximum atomic E-state index is 5.56. The first kappa shape index (κ1) is 12.6. The van der Waals surface area contributed by atoms with Gasteiger partial charge in [-0.3, -0.25) is 0 Å². The van der Waals surface area contributed by atoms with E-state index in [4.69, 9.17) is 4.74 Å². The Balaban J connectivity index is 1.86. The van der Waals surface area contributed by atoms with Crippen molar-refractivity contribution in [3.63, 3.8) is 0 Å². The molecule has 0 bridgehead atoms. The summed E-state index contributed by atoms with van der Waals surface area (Å²) in [5.41, 5.74) is 3.00. The highest BCUT2D eigenvalue weighted by atomic mass is 16.5. The number of hydrogen-bond acceptors (Lipinski definition) is 2. The number of benzene rings is 1. The average molecular weight is 233 g/mol. The topological polar surface area (TPSA) is 21.3 Å². The van der Waals surface area contributed by atoms with E-state index in [1.54, 1.807) is 0 Å². The smallest absolute Gasteiger partial charge is 0.0594 e. The molecule has 1 unspecified atom stereocenters. The Bertz CT molecular complexity index is 349. The largest absolute Gasteiger partial charge is 0.377 e. The van der Waals surface area contributed by atoms with E-state index in [0.29, 0.717) is 12.1 Å². The van der Waals surface area contributed by atoms with Gasteiger partial charge in [-0.15, -0.1) is 0 Å². The molecule has 1 aromatic carbocycles. The molecule has 94 valence electrons. The third-order valence-corrected chi connectivity index (χ3v) is 3.31. The van der Waals surface area contributed by atoms with Crippen molar-refractivity contribution in [2.45, 2.75) is 45.3 Å². The normalized spacial score (nSPS) is 19.4. The van der Waals surface area contributed by atoms with Crippen molar-refractivity contribution in [3.05, 3.63) is 35.4 Å². The molecule has 17 heavy (non-hydrogen) atoms. The molecule has 0 aliphatic heterocycles. The maximum Gasteiger partial charge on any atom is 0.0594 e. The highest BCUT2D eigenvalue weighted by Crippen LogP contribution is 2.29. The molecule has 0 heterocycles. The van der Waals surface area contributed by atoms with Crippen LogP contribution in [-0.4, -0.2) is 19.3 Å². The second-order valence-corrected chi connectivity index (χ2v) is 5.02. The maximum absolute atomic E-state index is 5.56. The zero-order valence-corrected chi connectivity index (χ0v) is 10.9. The van der Waals surface area contributed by atoms with Gasteiger partial charge in [0.05, 0.1) is 12.7 Å². The molecular weight excluding hydrogens is 210 g/mol. The second-order valence-electron chi connectivity index (χ2n) is 5.02. The summed E-state index contributed by atoms with van der Waals surface area (Å²) in [6.07, 6.45) is 4.10. The summed E-state index contributed by atoms with van der Waals surface area (Å²) in [6.45, 7) is 5.90. The van der Waals surface area contributed by atoms with Crippen LogP contribution in [0, 0.1) is 0 Å². The molecule has 0 saturated carbocycles. The van der Waals surface area contributed by atoms with E-state index in [2.05, 4.69) is 43.4 Å². The van der Waals surface area contributed by atoms with Crippen molar-refractivity contribution < 1.29 is 4.74 Å². The van der Waals surface area contributed by atoms with Crippen LogP contribution in [0.2, 0.25) is 0 Å². The molecule has 1 aromatic rings. The molecule has 0 spiro atoms. The van der Waals surface area contributed by atoms with Gasteiger partial charge in [0.2, 0.25) is 0 Å². The van der Waals surface area contributed by atoms with E-state index < -0.39 is 0 Å². The van der Waals surface area contributed by atoms with Gasteiger partial charge in [-0.1, -0.05) is 24.3 Å². The summed E-state index contributed by atoms with van der Waals surface area (Å²) in [7, 11) is 0. The summed E-state index contributed by atoms with van der Waals surface area (Å²) < 4.78 is 5.56. The van der Waals surface area contributed by atoms with E-state index in [9.17, 15) is 0 Å². The van der Waals surface area contributed by atoms with E-state index in [1.807, 2.05) is 0 Å². The zero-order chi connectivity index (χ0) is 12.1. The molecule has 0 saturated heterocycles. The Hall–Kier alpha value is -0.860. The van der Waals surface area contributed by atoms with Crippen LogP contribution in [0.3, 0.4) is 0 Å². The molecule has 2 rings (SSSR count).